The lowest BCUT2D eigenvalue weighted by atomic mass is 10.0. The summed E-state index contributed by atoms with van der Waals surface area (Å²) in [5.41, 5.74) is 1.90. The van der Waals surface area contributed by atoms with E-state index in [4.69, 9.17) is 53.4 Å². The van der Waals surface area contributed by atoms with Gasteiger partial charge in [-0.1, -0.05) is 65.8 Å². The third-order valence-corrected chi connectivity index (χ3v) is 7.37. The zero-order chi connectivity index (χ0) is 28.4. The monoisotopic (exact) mass is 597 g/mol. The number of thiocarbonyl (C=S) groups is 1. The van der Waals surface area contributed by atoms with Crippen LogP contribution in [0.25, 0.3) is 17.4 Å². The molecule has 4 aromatic rings. The number of ether oxygens (including phenoxy) is 1. The molecule has 1 saturated heterocycles. The molecule has 3 heterocycles. The third kappa shape index (κ3) is 5.96. The first kappa shape index (κ1) is 27.6. The van der Waals surface area contributed by atoms with Crippen LogP contribution < -0.4 is 5.82 Å². The molecule has 5 rings (SSSR count). The number of aryl methyl sites for hydroxylation is 1. The van der Waals surface area contributed by atoms with Crippen LogP contribution in [-0.2, 0) is 27.4 Å². The van der Waals surface area contributed by atoms with E-state index in [0.717, 1.165) is 11.1 Å². The molecule has 1 atom stereocenters. The highest BCUT2D eigenvalue weighted by Crippen LogP contribution is 2.32. The lowest BCUT2D eigenvalue weighted by Crippen LogP contribution is -2.46. The second-order valence-electron chi connectivity index (χ2n) is 8.99. The quantitative estimate of drug-likeness (QED) is 0.130. The summed E-state index contributed by atoms with van der Waals surface area (Å²) in [5.74, 6) is -0.762. The van der Waals surface area contributed by atoms with Gasteiger partial charge in [-0.2, -0.15) is 0 Å². The van der Waals surface area contributed by atoms with Crippen molar-refractivity contribution in [3.63, 3.8) is 0 Å². The molecule has 0 bridgehead atoms. The summed E-state index contributed by atoms with van der Waals surface area (Å²) in [7, 11) is 0. The summed E-state index contributed by atoms with van der Waals surface area (Å²) >= 11 is 17.7. The maximum atomic E-state index is 13.6. The molecular formula is C29H21Cl2NO7S. The number of hydrogen-bond donors (Lipinski definition) is 0. The number of benzene rings is 2. The van der Waals surface area contributed by atoms with Gasteiger partial charge in [-0.15, -0.1) is 0 Å². The first-order chi connectivity index (χ1) is 19.2. The van der Waals surface area contributed by atoms with Gasteiger partial charge in [0.2, 0.25) is 0 Å². The van der Waals surface area contributed by atoms with Crippen molar-refractivity contribution in [1.29, 1.82) is 0 Å². The van der Waals surface area contributed by atoms with Crippen molar-refractivity contribution in [2.45, 2.75) is 32.4 Å². The Kier molecular flexibility index (Phi) is 8.07. The van der Waals surface area contributed by atoms with Gasteiger partial charge in [0.15, 0.2) is 18.1 Å². The predicted octanol–water partition coefficient (Wildman–Crippen LogP) is 6.41. The zero-order valence-electron chi connectivity index (χ0n) is 21.0. The number of furan rings is 1. The molecule has 2 aromatic heterocycles. The highest BCUT2D eigenvalue weighted by Gasteiger charge is 2.40. The van der Waals surface area contributed by atoms with Gasteiger partial charge in [0.25, 0.3) is 5.91 Å². The van der Waals surface area contributed by atoms with Crippen molar-refractivity contribution in [2.75, 3.05) is 0 Å². The molecule has 11 heteroatoms. The van der Waals surface area contributed by atoms with E-state index in [1.807, 2.05) is 30.3 Å². The highest BCUT2D eigenvalue weighted by atomic mass is 35.5. The molecule has 1 fully saturated rings. The number of nitrogens with zero attached hydrogens (tertiary/aromatic N) is 1. The lowest BCUT2D eigenvalue weighted by molar-refractivity contribution is -0.152. The lowest BCUT2D eigenvalue weighted by Gasteiger charge is -2.26. The van der Waals surface area contributed by atoms with Crippen molar-refractivity contribution in [2.24, 2.45) is 0 Å². The van der Waals surface area contributed by atoms with E-state index in [0.29, 0.717) is 27.1 Å². The Hall–Kier alpha value is -3.92. The third-order valence-electron chi connectivity index (χ3n) is 6.29. The fourth-order valence-corrected chi connectivity index (χ4v) is 4.95. The van der Waals surface area contributed by atoms with Crippen LogP contribution in [0.4, 0.5) is 0 Å². The largest absolute Gasteiger partial charge is 0.519 e. The molecule has 1 aliphatic heterocycles. The Balaban J connectivity index is 1.39. The van der Waals surface area contributed by atoms with Crippen LogP contribution in [0.3, 0.4) is 0 Å². The Morgan fingerprint density at radius 3 is 2.52 bits per heavy atom. The number of halogens is 2. The molecule has 0 spiro atoms. The van der Waals surface area contributed by atoms with E-state index >= 15 is 0 Å². The molecule has 1 unspecified atom stereocenters. The van der Waals surface area contributed by atoms with E-state index in [-0.39, 0.29) is 36.0 Å². The average Bonchev–Trinajstić information content (AvgIpc) is 3.60. The first-order valence-corrected chi connectivity index (χ1v) is 13.3. The van der Waals surface area contributed by atoms with Crippen LogP contribution >= 0.6 is 35.4 Å². The summed E-state index contributed by atoms with van der Waals surface area (Å²) in [5, 5.41) is 0.821. The number of esters is 1. The normalized spacial score (nSPS) is 15.2. The molecule has 204 valence electrons. The van der Waals surface area contributed by atoms with Crippen molar-refractivity contribution in [3.8, 4) is 11.3 Å². The molecule has 2 aromatic carbocycles. The Morgan fingerprint density at radius 2 is 1.82 bits per heavy atom. The molecule has 0 radical (unpaired) electrons. The summed E-state index contributed by atoms with van der Waals surface area (Å²) in [4.78, 5) is 39.8. The fourth-order valence-electron chi connectivity index (χ4n) is 4.28. The molecule has 40 heavy (non-hydrogen) atoms. The molecule has 1 amide bonds. The second kappa shape index (κ2) is 11.7. The minimum absolute atomic E-state index is 0.0864. The summed E-state index contributed by atoms with van der Waals surface area (Å²) < 4.78 is 21.1. The van der Waals surface area contributed by atoms with E-state index in [2.05, 4.69) is 0 Å². The fraction of sp³-hybridized carbons (Fsp3) is 0.172. The van der Waals surface area contributed by atoms with Crippen molar-refractivity contribution in [1.82, 2.24) is 4.90 Å². The van der Waals surface area contributed by atoms with Crippen LogP contribution in [0.15, 0.2) is 84.3 Å². The number of amides is 1. The Bertz CT molecular complexity index is 1690. The van der Waals surface area contributed by atoms with Crippen molar-refractivity contribution < 1.29 is 27.6 Å². The minimum Gasteiger partial charge on any atom is -0.457 e. The van der Waals surface area contributed by atoms with Gasteiger partial charge in [-0.25, -0.2) is 9.59 Å². The Morgan fingerprint density at radius 1 is 1.05 bits per heavy atom. The van der Waals surface area contributed by atoms with Gasteiger partial charge in [0.1, 0.15) is 17.6 Å². The maximum Gasteiger partial charge on any atom is 0.519 e. The molecule has 0 saturated carbocycles. The average molecular weight is 598 g/mol. The van der Waals surface area contributed by atoms with E-state index in [1.54, 1.807) is 36.4 Å². The number of hydrogen-bond acceptors (Lipinski definition) is 8. The number of rotatable bonds is 8. The van der Waals surface area contributed by atoms with Crippen LogP contribution in [0, 0.1) is 6.92 Å². The van der Waals surface area contributed by atoms with Gasteiger partial charge in [0.05, 0.1) is 15.0 Å². The van der Waals surface area contributed by atoms with Gasteiger partial charge >= 0.3 is 11.8 Å². The summed E-state index contributed by atoms with van der Waals surface area (Å²) in [6, 6.07) is 16.8. The minimum atomic E-state index is -1.05. The predicted molar refractivity (Wildman–Crippen MR) is 152 cm³/mol. The second-order valence-corrected chi connectivity index (χ2v) is 10.3. The highest BCUT2D eigenvalue weighted by molar-refractivity contribution is 7.80. The number of carbonyl (C=O) groups excluding carboxylic acids is 2. The van der Waals surface area contributed by atoms with Gasteiger partial charge in [-0.3, -0.25) is 9.69 Å². The smallest absolute Gasteiger partial charge is 0.457 e. The molecular weight excluding hydrogens is 577 g/mol. The Labute approximate surface area is 243 Å². The summed E-state index contributed by atoms with van der Waals surface area (Å²) in [6.07, 6.45) is 1.91. The van der Waals surface area contributed by atoms with Crippen LogP contribution in [0.2, 0.25) is 10.0 Å². The van der Waals surface area contributed by atoms with Gasteiger partial charge in [-0.05, 0) is 48.9 Å². The molecule has 0 N–H and O–H groups in total. The first-order valence-electron chi connectivity index (χ1n) is 12.1. The zero-order valence-corrected chi connectivity index (χ0v) is 23.3. The molecule has 8 nitrogen and oxygen atoms in total. The van der Waals surface area contributed by atoms with Gasteiger partial charge in [0, 0.05) is 24.0 Å². The standard InChI is InChI=1S/C29H21Cl2NO7S/c1-16-25(39-29(35)37-16)15-36-28(34)23(11-17-5-3-2-4-6-17)32-26(40)14-19(27(32)33)12-20-8-10-24(38-20)18-7-9-21(30)22(31)13-18/h2-10,12-13,23H,11,14-15H2,1H3/b19-12-. The maximum absolute atomic E-state index is 13.6. The van der Waals surface area contributed by atoms with Crippen molar-refractivity contribution in [3.05, 3.63) is 110 Å². The SMILES string of the molecule is Cc1oc(=O)oc1COC(=O)C(Cc1ccccc1)N1C(=O)/C(=C\c2ccc(-c3ccc(Cl)c(Cl)c3)o2)CC1=S. The number of carbonyl (C=O) groups is 2. The summed E-state index contributed by atoms with van der Waals surface area (Å²) in [6.45, 7) is 1.19. The van der Waals surface area contributed by atoms with Crippen LogP contribution in [0.1, 0.15) is 29.3 Å². The van der Waals surface area contributed by atoms with Gasteiger partial charge < -0.3 is 18.0 Å². The number of likely N-dealkylation sites (tertiary alicyclic amines) is 1. The van der Waals surface area contributed by atoms with Crippen LogP contribution in [0.5, 0.6) is 0 Å². The van der Waals surface area contributed by atoms with Crippen LogP contribution in [-0.4, -0.2) is 27.8 Å². The van der Waals surface area contributed by atoms with E-state index in [9.17, 15) is 14.4 Å². The van der Waals surface area contributed by atoms with Crippen molar-refractivity contribution >= 4 is 58.4 Å². The topological polar surface area (TPSA) is 103 Å². The molecule has 1 aliphatic rings. The molecule has 0 aliphatic carbocycles. The van der Waals surface area contributed by atoms with E-state index in [1.165, 1.54) is 11.8 Å². The van der Waals surface area contributed by atoms with E-state index < -0.39 is 23.7 Å².